The van der Waals surface area contributed by atoms with E-state index in [1.165, 1.54) is 0 Å². The standard InChI is InChI=1S/C15H16N2O2/c1-11-13(15(18)17-6-8-19-9-7-17)10-12-4-2-3-5-14(12)16-11/h2-5,10H,6-9H2,1H3. The Morgan fingerprint density at radius 2 is 2.00 bits per heavy atom. The lowest BCUT2D eigenvalue weighted by atomic mass is 10.1. The van der Waals surface area contributed by atoms with Crippen molar-refractivity contribution in [3.63, 3.8) is 0 Å². The van der Waals surface area contributed by atoms with Gasteiger partial charge in [-0.15, -0.1) is 0 Å². The molecule has 0 saturated carbocycles. The predicted octanol–water partition coefficient (Wildman–Crippen LogP) is 2.02. The van der Waals surface area contributed by atoms with E-state index in [-0.39, 0.29) is 5.91 Å². The van der Waals surface area contributed by atoms with E-state index in [0.717, 1.165) is 16.6 Å². The van der Waals surface area contributed by atoms with Gasteiger partial charge in [0.25, 0.3) is 5.91 Å². The number of pyridine rings is 1. The number of hydrogen-bond acceptors (Lipinski definition) is 3. The molecule has 0 bridgehead atoms. The van der Waals surface area contributed by atoms with Crippen LogP contribution in [0.4, 0.5) is 0 Å². The minimum Gasteiger partial charge on any atom is -0.378 e. The molecular formula is C15H16N2O2. The van der Waals surface area contributed by atoms with E-state index in [2.05, 4.69) is 4.98 Å². The van der Waals surface area contributed by atoms with Crippen molar-refractivity contribution in [1.29, 1.82) is 0 Å². The minimum atomic E-state index is 0.0547. The summed E-state index contributed by atoms with van der Waals surface area (Å²) in [5, 5.41) is 1.00. The Morgan fingerprint density at radius 1 is 1.26 bits per heavy atom. The second-order valence-electron chi connectivity index (χ2n) is 4.72. The molecule has 19 heavy (non-hydrogen) atoms. The first-order valence-corrected chi connectivity index (χ1v) is 6.49. The zero-order chi connectivity index (χ0) is 13.2. The summed E-state index contributed by atoms with van der Waals surface area (Å²) in [5.41, 5.74) is 2.41. The third-order valence-electron chi connectivity index (χ3n) is 3.44. The van der Waals surface area contributed by atoms with Crippen LogP contribution in [-0.4, -0.2) is 42.1 Å². The zero-order valence-electron chi connectivity index (χ0n) is 10.9. The van der Waals surface area contributed by atoms with Crippen LogP contribution in [0.15, 0.2) is 30.3 Å². The first kappa shape index (κ1) is 12.1. The highest BCUT2D eigenvalue weighted by Crippen LogP contribution is 2.18. The summed E-state index contributed by atoms with van der Waals surface area (Å²) in [6.45, 7) is 4.44. The number of ether oxygens (including phenoxy) is 1. The number of amides is 1. The Hall–Kier alpha value is -1.94. The molecule has 0 aliphatic carbocycles. The Balaban J connectivity index is 1.99. The van der Waals surface area contributed by atoms with Crippen molar-refractivity contribution in [1.82, 2.24) is 9.88 Å². The molecule has 1 fully saturated rings. The summed E-state index contributed by atoms with van der Waals surface area (Å²) >= 11 is 0. The number of hydrogen-bond donors (Lipinski definition) is 0. The highest BCUT2D eigenvalue weighted by Gasteiger charge is 2.20. The van der Waals surface area contributed by atoms with Crippen LogP contribution in [0.1, 0.15) is 16.1 Å². The predicted molar refractivity (Wildman–Crippen MR) is 73.2 cm³/mol. The zero-order valence-corrected chi connectivity index (χ0v) is 10.9. The molecule has 0 atom stereocenters. The molecule has 0 radical (unpaired) electrons. The Kier molecular flexibility index (Phi) is 3.17. The maximum atomic E-state index is 12.5. The number of para-hydroxylation sites is 1. The molecule has 1 aromatic carbocycles. The number of morpholine rings is 1. The maximum absolute atomic E-state index is 12.5. The topological polar surface area (TPSA) is 42.4 Å². The number of fused-ring (bicyclic) bond motifs is 1. The van der Waals surface area contributed by atoms with Crippen molar-refractivity contribution in [3.05, 3.63) is 41.6 Å². The van der Waals surface area contributed by atoms with Gasteiger partial charge in [-0.3, -0.25) is 9.78 Å². The molecule has 2 aromatic rings. The van der Waals surface area contributed by atoms with E-state index in [1.807, 2.05) is 42.2 Å². The lowest BCUT2D eigenvalue weighted by molar-refractivity contribution is 0.0302. The third-order valence-corrected chi connectivity index (χ3v) is 3.44. The normalized spacial score (nSPS) is 15.7. The van der Waals surface area contributed by atoms with Crippen LogP contribution in [0.3, 0.4) is 0 Å². The molecule has 1 aliphatic rings. The molecule has 0 unspecified atom stereocenters. The van der Waals surface area contributed by atoms with Crippen LogP contribution in [0.5, 0.6) is 0 Å². The van der Waals surface area contributed by atoms with E-state index in [9.17, 15) is 4.79 Å². The summed E-state index contributed by atoms with van der Waals surface area (Å²) in [4.78, 5) is 18.8. The van der Waals surface area contributed by atoms with Crippen LogP contribution in [0, 0.1) is 6.92 Å². The molecule has 1 aliphatic heterocycles. The van der Waals surface area contributed by atoms with Gasteiger partial charge in [0, 0.05) is 18.5 Å². The van der Waals surface area contributed by atoms with Gasteiger partial charge in [-0.25, -0.2) is 0 Å². The largest absolute Gasteiger partial charge is 0.378 e. The molecular weight excluding hydrogens is 240 g/mol. The molecule has 0 N–H and O–H groups in total. The quantitative estimate of drug-likeness (QED) is 0.784. The van der Waals surface area contributed by atoms with Crippen LogP contribution in [0.25, 0.3) is 10.9 Å². The molecule has 0 spiro atoms. The Labute approximate surface area is 112 Å². The van der Waals surface area contributed by atoms with Crippen molar-refractivity contribution in [2.24, 2.45) is 0 Å². The van der Waals surface area contributed by atoms with Crippen molar-refractivity contribution < 1.29 is 9.53 Å². The molecule has 4 heteroatoms. The summed E-state index contributed by atoms with van der Waals surface area (Å²) in [7, 11) is 0. The van der Waals surface area contributed by atoms with Crippen LogP contribution >= 0.6 is 0 Å². The van der Waals surface area contributed by atoms with Gasteiger partial charge in [0.15, 0.2) is 0 Å². The summed E-state index contributed by atoms with van der Waals surface area (Å²) in [6, 6.07) is 9.80. The average Bonchev–Trinajstić information content (AvgIpc) is 2.47. The first-order chi connectivity index (χ1) is 9.25. The summed E-state index contributed by atoms with van der Waals surface area (Å²) in [6.07, 6.45) is 0. The number of rotatable bonds is 1. The highest BCUT2D eigenvalue weighted by atomic mass is 16.5. The number of benzene rings is 1. The molecule has 3 rings (SSSR count). The van der Waals surface area contributed by atoms with E-state index < -0.39 is 0 Å². The molecule has 4 nitrogen and oxygen atoms in total. The third kappa shape index (κ3) is 2.31. The van der Waals surface area contributed by atoms with E-state index in [0.29, 0.717) is 31.9 Å². The number of carbonyl (C=O) groups is 1. The molecule has 98 valence electrons. The number of nitrogens with zero attached hydrogens (tertiary/aromatic N) is 2. The van der Waals surface area contributed by atoms with Gasteiger partial charge in [0.1, 0.15) is 0 Å². The van der Waals surface area contributed by atoms with Crippen LogP contribution < -0.4 is 0 Å². The molecule has 2 heterocycles. The van der Waals surface area contributed by atoms with Gasteiger partial charge in [-0.2, -0.15) is 0 Å². The molecule has 1 amide bonds. The van der Waals surface area contributed by atoms with Crippen LogP contribution in [-0.2, 0) is 4.74 Å². The number of aryl methyl sites for hydroxylation is 1. The fourth-order valence-electron chi connectivity index (χ4n) is 2.37. The Morgan fingerprint density at radius 3 is 2.79 bits per heavy atom. The van der Waals surface area contributed by atoms with E-state index in [4.69, 9.17) is 4.74 Å². The minimum absolute atomic E-state index is 0.0547. The fourth-order valence-corrected chi connectivity index (χ4v) is 2.37. The fraction of sp³-hybridized carbons (Fsp3) is 0.333. The smallest absolute Gasteiger partial charge is 0.255 e. The van der Waals surface area contributed by atoms with Crippen molar-refractivity contribution in [2.45, 2.75) is 6.92 Å². The number of aromatic nitrogens is 1. The lowest BCUT2D eigenvalue weighted by Gasteiger charge is -2.27. The molecule has 1 saturated heterocycles. The SMILES string of the molecule is Cc1nc2ccccc2cc1C(=O)N1CCOCC1. The van der Waals surface area contributed by atoms with E-state index >= 15 is 0 Å². The van der Waals surface area contributed by atoms with Crippen LogP contribution in [0.2, 0.25) is 0 Å². The van der Waals surface area contributed by atoms with Gasteiger partial charge in [-0.1, -0.05) is 18.2 Å². The molecule has 1 aromatic heterocycles. The Bertz CT molecular complexity index is 619. The average molecular weight is 256 g/mol. The monoisotopic (exact) mass is 256 g/mol. The van der Waals surface area contributed by atoms with Crippen molar-refractivity contribution in [3.8, 4) is 0 Å². The van der Waals surface area contributed by atoms with Crippen molar-refractivity contribution >= 4 is 16.8 Å². The second kappa shape index (κ2) is 4.97. The van der Waals surface area contributed by atoms with Gasteiger partial charge in [0.2, 0.25) is 0 Å². The summed E-state index contributed by atoms with van der Waals surface area (Å²) < 4.78 is 5.28. The van der Waals surface area contributed by atoms with Gasteiger partial charge >= 0.3 is 0 Å². The van der Waals surface area contributed by atoms with Gasteiger partial charge in [-0.05, 0) is 19.1 Å². The number of carbonyl (C=O) groups excluding carboxylic acids is 1. The van der Waals surface area contributed by atoms with Crippen molar-refractivity contribution in [2.75, 3.05) is 26.3 Å². The van der Waals surface area contributed by atoms with Gasteiger partial charge in [0.05, 0.1) is 30.0 Å². The first-order valence-electron chi connectivity index (χ1n) is 6.49. The summed E-state index contributed by atoms with van der Waals surface area (Å²) in [5.74, 6) is 0.0547. The lowest BCUT2D eigenvalue weighted by Crippen LogP contribution is -2.41. The van der Waals surface area contributed by atoms with E-state index in [1.54, 1.807) is 0 Å². The van der Waals surface area contributed by atoms with Gasteiger partial charge < -0.3 is 9.64 Å². The second-order valence-corrected chi connectivity index (χ2v) is 4.72. The highest BCUT2D eigenvalue weighted by molar-refractivity contribution is 5.98. The maximum Gasteiger partial charge on any atom is 0.255 e.